The van der Waals surface area contributed by atoms with Crippen molar-refractivity contribution in [3.63, 3.8) is 0 Å². The van der Waals surface area contributed by atoms with Gasteiger partial charge >= 0.3 is 0 Å². The number of thiophene rings is 2. The molecule has 6 heteroatoms. The maximum Gasteiger partial charge on any atom is 0.261 e. The third kappa shape index (κ3) is 5.45. The van der Waals surface area contributed by atoms with Gasteiger partial charge in [0.25, 0.3) is 5.91 Å². The van der Waals surface area contributed by atoms with E-state index in [1.165, 1.54) is 30.6 Å². The minimum Gasteiger partial charge on any atom is -0.351 e. The zero-order valence-electron chi connectivity index (χ0n) is 19.4. The van der Waals surface area contributed by atoms with Crippen molar-refractivity contribution in [3.05, 3.63) is 53.2 Å². The first-order valence-corrected chi connectivity index (χ1v) is 12.4. The first kappa shape index (κ1) is 24.9. The van der Waals surface area contributed by atoms with E-state index in [0.29, 0.717) is 22.7 Å². The zero-order valence-corrected chi connectivity index (χ0v) is 21.0. The van der Waals surface area contributed by atoms with Crippen LogP contribution in [0.1, 0.15) is 85.6 Å². The summed E-state index contributed by atoms with van der Waals surface area (Å²) >= 11 is 3.05. The van der Waals surface area contributed by atoms with E-state index in [4.69, 9.17) is 6.57 Å². The molecule has 2 aromatic rings. The second kappa shape index (κ2) is 11.3. The lowest BCUT2D eigenvalue weighted by Gasteiger charge is -2.08. The molecular weight excluding hydrogens is 422 g/mol. The molecule has 0 fully saturated rings. The maximum atomic E-state index is 12.8. The van der Waals surface area contributed by atoms with Gasteiger partial charge in [-0.3, -0.25) is 4.79 Å². The van der Waals surface area contributed by atoms with E-state index in [1.54, 1.807) is 11.3 Å². The highest BCUT2D eigenvalue weighted by atomic mass is 32.1. The number of hydrogen-bond donors (Lipinski definition) is 1. The Balaban J connectivity index is 2.39. The van der Waals surface area contributed by atoms with Crippen LogP contribution in [0.5, 0.6) is 0 Å². The van der Waals surface area contributed by atoms with Gasteiger partial charge in [-0.05, 0) is 68.2 Å². The van der Waals surface area contributed by atoms with Crippen LogP contribution < -0.4 is 5.32 Å². The van der Waals surface area contributed by atoms with Crippen molar-refractivity contribution in [3.8, 4) is 6.07 Å². The van der Waals surface area contributed by atoms with Gasteiger partial charge in [0.15, 0.2) is 0 Å². The number of carbonyl (C=O) groups excluding carboxylic acids is 1. The van der Waals surface area contributed by atoms with Crippen LogP contribution in [0.2, 0.25) is 0 Å². The molecule has 0 spiro atoms. The Morgan fingerprint density at radius 3 is 2.16 bits per heavy atom. The van der Waals surface area contributed by atoms with E-state index in [2.05, 4.69) is 23.2 Å². The van der Waals surface area contributed by atoms with E-state index in [0.717, 1.165) is 49.7 Å². The van der Waals surface area contributed by atoms with Gasteiger partial charge in [-0.2, -0.15) is 5.26 Å². The largest absolute Gasteiger partial charge is 0.351 e. The first-order chi connectivity index (χ1) is 14.8. The van der Waals surface area contributed by atoms with E-state index in [9.17, 15) is 10.1 Å². The molecule has 2 heterocycles. The van der Waals surface area contributed by atoms with Crippen molar-refractivity contribution in [2.75, 3.05) is 6.54 Å². The number of amides is 1. The second-order valence-corrected chi connectivity index (χ2v) is 10.5. The first-order valence-electron chi connectivity index (χ1n) is 10.8. The predicted octanol–water partition coefficient (Wildman–Crippen LogP) is 7.36. The number of nitrogens with zero attached hydrogens (tertiary/aromatic N) is 2. The molecule has 0 aliphatic rings. The average molecular weight is 454 g/mol. The third-order valence-corrected chi connectivity index (χ3v) is 7.93. The number of rotatable bonds is 9. The number of hydrogen-bond acceptors (Lipinski definition) is 4. The summed E-state index contributed by atoms with van der Waals surface area (Å²) in [7, 11) is 0. The number of unbranched alkanes of at least 4 members (excludes halogenated alkanes) is 4. The molecule has 0 aliphatic heterocycles. The molecule has 1 N–H and O–H groups in total. The molecule has 2 rings (SSSR count). The molecule has 164 valence electrons. The third-order valence-electron chi connectivity index (χ3n) is 5.60. The number of nitrogens with one attached hydrogen (secondary N) is 1. The highest BCUT2D eigenvalue weighted by Gasteiger charge is 2.25. The fraction of sp³-hybridized carbons (Fsp3) is 0.480. The maximum absolute atomic E-state index is 12.8. The molecule has 0 saturated carbocycles. The van der Waals surface area contributed by atoms with Crippen LogP contribution in [0.25, 0.3) is 16.1 Å². The smallest absolute Gasteiger partial charge is 0.261 e. The molecule has 0 atom stereocenters. The fourth-order valence-corrected chi connectivity index (χ4v) is 6.00. The van der Waals surface area contributed by atoms with Gasteiger partial charge in [-0.25, -0.2) is 4.85 Å². The van der Waals surface area contributed by atoms with Crippen LogP contribution in [-0.4, -0.2) is 12.5 Å². The average Bonchev–Trinajstić information content (AvgIpc) is 3.17. The normalized spacial score (nSPS) is 11.6. The summed E-state index contributed by atoms with van der Waals surface area (Å²) in [4.78, 5) is 20.3. The van der Waals surface area contributed by atoms with Crippen molar-refractivity contribution in [2.45, 2.75) is 73.6 Å². The summed E-state index contributed by atoms with van der Waals surface area (Å²) in [5.74, 6) is -0.0890. The molecule has 0 aliphatic carbocycles. The Hall–Kier alpha value is -2.41. The molecule has 31 heavy (non-hydrogen) atoms. The summed E-state index contributed by atoms with van der Waals surface area (Å²) < 4.78 is 0. The lowest BCUT2D eigenvalue weighted by molar-refractivity contribution is 0.0956. The summed E-state index contributed by atoms with van der Waals surface area (Å²) in [6.07, 6.45) is 5.73. The molecule has 0 unspecified atom stereocenters. The van der Waals surface area contributed by atoms with Crippen LogP contribution in [0, 0.1) is 52.5 Å². The predicted molar refractivity (Wildman–Crippen MR) is 132 cm³/mol. The fourth-order valence-electron chi connectivity index (χ4n) is 3.85. The summed E-state index contributed by atoms with van der Waals surface area (Å²) in [6.45, 7) is 20.5. The van der Waals surface area contributed by atoms with E-state index in [-0.39, 0.29) is 5.91 Å². The number of aryl methyl sites for hydroxylation is 3. The molecule has 1 amide bonds. The summed E-state index contributed by atoms with van der Waals surface area (Å²) in [6, 6.07) is 2.29. The Morgan fingerprint density at radius 1 is 0.968 bits per heavy atom. The molecule has 0 aromatic carbocycles. The van der Waals surface area contributed by atoms with E-state index >= 15 is 0 Å². The minimum atomic E-state index is -0.0890. The second-order valence-electron chi connectivity index (χ2n) is 7.82. The van der Waals surface area contributed by atoms with Gasteiger partial charge < -0.3 is 5.32 Å². The Morgan fingerprint density at radius 2 is 1.61 bits per heavy atom. The van der Waals surface area contributed by atoms with Crippen LogP contribution in [0.4, 0.5) is 0 Å². The summed E-state index contributed by atoms with van der Waals surface area (Å²) in [5, 5.41) is 13.0. The van der Waals surface area contributed by atoms with Gasteiger partial charge in [-0.1, -0.05) is 32.6 Å². The van der Waals surface area contributed by atoms with Crippen molar-refractivity contribution in [2.24, 2.45) is 0 Å². The molecular formula is C25H31N3OS2. The van der Waals surface area contributed by atoms with Gasteiger partial charge in [0, 0.05) is 16.3 Å². The minimum absolute atomic E-state index is 0.0890. The van der Waals surface area contributed by atoms with Gasteiger partial charge in [-0.15, -0.1) is 22.7 Å². The number of carbonyl (C=O) groups is 1. The highest BCUT2D eigenvalue weighted by Crippen LogP contribution is 2.40. The molecule has 0 saturated heterocycles. The van der Waals surface area contributed by atoms with Crippen molar-refractivity contribution in [1.82, 2.24) is 5.32 Å². The highest BCUT2D eigenvalue weighted by molar-refractivity contribution is 7.14. The van der Waals surface area contributed by atoms with Gasteiger partial charge in [0.1, 0.15) is 0 Å². The lowest BCUT2D eigenvalue weighted by Crippen LogP contribution is -2.24. The van der Waals surface area contributed by atoms with E-state index in [1.807, 2.05) is 34.6 Å². The number of nitriles is 1. The number of allylic oxidation sites excluding steroid dienone is 1. The van der Waals surface area contributed by atoms with E-state index < -0.39 is 0 Å². The van der Waals surface area contributed by atoms with Gasteiger partial charge in [0.2, 0.25) is 5.70 Å². The Labute approximate surface area is 194 Å². The van der Waals surface area contributed by atoms with Crippen molar-refractivity contribution in [1.29, 1.82) is 5.26 Å². The molecule has 0 bridgehead atoms. The molecule has 0 radical (unpaired) electrons. The monoisotopic (exact) mass is 453 g/mol. The standard InChI is InChI=1S/C25H31N3OS2/c1-8-9-10-11-12-13-28-25(29)24-16(3)22(19(6)31-24)23(27-7)20(14-26)21-15(2)17(4)30-18(21)5/h8-13H2,1-6H3,(H,28,29). The Kier molecular flexibility index (Phi) is 9.04. The van der Waals surface area contributed by atoms with Crippen LogP contribution >= 0.6 is 22.7 Å². The van der Waals surface area contributed by atoms with Crippen LogP contribution in [0.15, 0.2) is 0 Å². The topological polar surface area (TPSA) is 57.2 Å². The lowest BCUT2D eigenvalue weighted by atomic mass is 9.95. The van der Waals surface area contributed by atoms with Crippen LogP contribution in [-0.2, 0) is 0 Å². The van der Waals surface area contributed by atoms with Gasteiger partial charge in [0.05, 0.1) is 23.1 Å². The van der Waals surface area contributed by atoms with Crippen molar-refractivity contribution < 1.29 is 4.79 Å². The SMILES string of the molecule is [C-]#[N+]C(=C(C#N)c1c(C)sc(C)c1C)c1c(C)sc(C(=O)NCCCCCCC)c1C. The summed E-state index contributed by atoms with van der Waals surface area (Å²) in [5.41, 5.74) is 4.17. The quantitative estimate of drug-likeness (QED) is 0.245. The van der Waals surface area contributed by atoms with Crippen molar-refractivity contribution >= 4 is 39.9 Å². The van der Waals surface area contributed by atoms with Crippen LogP contribution in [0.3, 0.4) is 0 Å². The molecule has 2 aromatic heterocycles. The molecule has 4 nitrogen and oxygen atoms in total. The zero-order chi connectivity index (χ0) is 23.1. The Bertz CT molecular complexity index is 1070.